The molecule has 0 spiro atoms. The topological polar surface area (TPSA) is 44.8 Å². The van der Waals surface area contributed by atoms with Crippen molar-refractivity contribution in [2.24, 2.45) is 0 Å². The van der Waals surface area contributed by atoms with Gasteiger partial charge in [0.2, 0.25) is 0 Å². The Balaban J connectivity index is 1.72. The zero-order chi connectivity index (χ0) is 18.4. The number of carbonyl (C=O) groups excluding carboxylic acids is 1. The summed E-state index contributed by atoms with van der Waals surface area (Å²) in [4.78, 5) is 17.5. The van der Waals surface area contributed by atoms with Crippen molar-refractivity contribution in [3.8, 4) is 5.75 Å². The van der Waals surface area contributed by atoms with E-state index in [0.29, 0.717) is 17.9 Å². The Bertz CT molecular complexity index is 712. The van der Waals surface area contributed by atoms with Crippen molar-refractivity contribution in [3.05, 3.63) is 65.7 Å². The van der Waals surface area contributed by atoms with Gasteiger partial charge in [0.15, 0.2) is 0 Å². The van der Waals surface area contributed by atoms with Gasteiger partial charge >= 0.3 is 0 Å². The lowest BCUT2D eigenvalue weighted by Crippen LogP contribution is -2.48. The van der Waals surface area contributed by atoms with Crippen molar-refractivity contribution in [2.45, 2.75) is 6.04 Å². The lowest BCUT2D eigenvalue weighted by atomic mass is 10.0. The van der Waals surface area contributed by atoms with Crippen LogP contribution in [0.2, 0.25) is 0 Å². The molecule has 1 fully saturated rings. The molecule has 1 aliphatic rings. The molecule has 1 saturated heterocycles. The lowest BCUT2D eigenvalue weighted by molar-refractivity contribution is 0.0883. The number of hydrogen-bond acceptors (Lipinski definition) is 4. The highest BCUT2D eigenvalue weighted by atomic mass is 16.5. The molecule has 0 aromatic heterocycles. The first kappa shape index (κ1) is 18.4. The first-order chi connectivity index (χ1) is 12.7. The Morgan fingerprint density at radius 2 is 1.69 bits per heavy atom. The van der Waals surface area contributed by atoms with Gasteiger partial charge in [-0.25, -0.2) is 0 Å². The normalized spacial score (nSPS) is 16.8. The summed E-state index contributed by atoms with van der Waals surface area (Å²) in [5, 5.41) is 3.11. The minimum atomic E-state index is -0.0995. The van der Waals surface area contributed by atoms with Gasteiger partial charge in [-0.15, -0.1) is 0 Å². The fourth-order valence-electron chi connectivity index (χ4n) is 3.38. The van der Waals surface area contributed by atoms with E-state index in [0.717, 1.165) is 26.2 Å². The number of rotatable bonds is 6. The van der Waals surface area contributed by atoms with Crippen LogP contribution < -0.4 is 10.1 Å². The molecular weight excluding hydrogens is 326 g/mol. The van der Waals surface area contributed by atoms with Crippen molar-refractivity contribution < 1.29 is 9.53 Å². The summed E-state index contributed by atoms with van der Waals surface area (Å²) in [5.41, 5.74) is 1.80. The van der Waals surface area contributed by atoms with Crippen molar-refractivity contribution in [3.63, 3.8) is 0 Å². The Labute approximate surface area is 155 Å². The molecule has 0 saturated carbocycles. The second-order valence-electron chi connectivity index (χ2n) is 6.68. The van der Waals surface area contributed by atoms with Crippen LogP contribution in [0.5, 0.6) is 5.75 Å². The average molecular weight is 353 g/mol. The molecule has 2 aromatic rings. The standard InChI is InChI=1S/C21H27N3O2/c1-23-12-14-24(15-13-23)19(17-8-4-3-5-9-17)16-22-21(25)18-10-6-7-11-20(18)26-2/h3-11,19H,12-16H2,1-2H3,(H,22,25). The Morgan fingerprint density at radius 3 is 2.38 bits per heavy atom. The van der Waals surface area contributed by atoms with Gasteiger partial charge in [-0.1, -0.05) is 42.5 Å². The summed E-state index contributed by atoms with van der Waals surface area (Å²) >= 11 is 0. The van der Waals surface area contributed by atoms with E-state index in [1.165, 1.54) is 5.56 Å². The number of nitrogens with zero attached hydrogens (tertiary/aromatic N) is 2. The third kappa shape index (κ3) is 4.42. The van der Waals surface area contributed by atoms with E-state index in [1.807, 2.05) is 24.3 Å². The maximum atomic E-state index is 12.7. The number of benzene rings is 2. The highest BCUT2D eigenvalue weighted by Crippen LogP contribution is 2.22. The molecule has 0 aliphatic carbocycles. The highest BCUT2D eigenvalue weighted by Gasteiger charge is 2.24. The number of ether oxygens (including phenoxy) is 1. The van der Waals surface area contributed by atoms with Crippen LogP contribution in [0.4, 0.5) is 0 Å². The number of carbonyl (C=O) groups is 1. The molecule has 5 heteroatoms. The third-order valence-corrected chi connectivity index (χ3v) is 4.97. The predicted molar refractivity (Wildman–Crippen MR) is 104 cm³/mol. The number of amides is 1. The van der Waals surface area contributed by atoms with Gasteiger partial charge < -0.3 is 15.0 Å². The molecule has 1 atom stereocenters. The van der Waals surface area contributed by atoms with Gasteiger partial charge in [-0.2, -0.15) is 0 Å². The molecule has 1 heterocycles. The van der Waals surface area contributed by atoms with E-state index in [2.05, 4.69) is 46.4 Å². The third-order valence-electron chi connectivity index (χ3n) is 4.97. The summed E-state index contributed by atoms with van der Waals surface area (Å²) in [6.07, 6.45) is 0. The molecule has 1 aliphatic heterocycles. The van der Waals surface area contributed by atoms with Crippen LogP contribution in [0.3, 0.4) is 0 Å². The van der Waals surface area contributed by atoms with Crippen LogP contribution >= 0.6 is 0 Å². The summed E-state index contributed by atoms with van der Waals surface area (Å²) < 4.78 is 5.31. The first-order valence-corrected chi connectivity index (χ1v) is 9.08. The Morgan fingerprint density at radius 1 is 1.04 bits per heavy atom. The maximum Gasteiger partial charge on any atom is 0.255 e. The summed E-state index contributed by atoms with van der Waals surface area (Å²) in [6, 6.07) is 17.9. The fourth-order valence-corrected chi connectivity index (χ4v) is 3.38. The second-order valence-corrected chi connectivity index (χ2v) is 6.68. The van der Waals surface area contributed by atoms with Crippen LogP contribution in [0.15, 0.2) is 54.6 Å². The van der Waals surface area contributed by atoms with Gasteiger partial charge in [0, 0.05) is 32.7 Å². The quantitative estimate of drug-likeness (QED) is 0.866. The Hall–Kier alpha value is -2.37. The lowest BCUT2D eigenvalue weighted by Gasteiger charge is -2.38. The second kappa shape index (κ2) is 8.83. The van der Waals surface area contributed by atoms with Crippen LogP contribution in [-0.4, -0.2) is 62.6 Å². The minimum Gasteiger partial charge on any atom is -0.496 e. The molecule has 1 N–H and O–H groups in total. The highest BCUT2D eigenvalue weighted by molar-refractivity contribution is 5.96. The van der Waals surface area contributed by atoms with Crippen LogP contribution in [0.1, 0.15) is 22.0 Å². The van der Waals surface area contributed by atoms with Gasteiger partial charge in [0.1, 0.15) is 5.75 Å². The predicted octanol–water partition coefficient (Wildman–Crippen LogP) is 2.41. The van der Waals surface area contributed by atoms with Gasteiger partial charge in [0.25, 0.3) is 5.91 Å². The van der Waals surface area contributed by atoms with Crippen LogP contribution in [0.25, 0.3) is 0 Å². The summed E-state index contributed by atoms with van der Waals surface area (Å²) in [6.45, 7) is 4.67. The summed E-state index contributed by atoms with van der Waals surface area (Å²) in [7, 11) is 3.74. The van der Waals surface area contributed by atoms with E-state index < -0.39 is 0 Å². The van der Waals surface area contributed by atoms with E-state index in [4.69, 9.17) is 4.74 Å². The first-order valence-electron chi connectivity index (χ1n) is 9.08. The van der Waals surface area contributed by atoms with Gasteiger partial charge in [-0.05, 0) is 24.7 Å². The van der Waals surface area contributed by atoms with E-state index in [-0.39, 0.29) is 11.9 Å². The monoisotopic (exact) mass is 353 g/mol. The number of methoxy groups -OCH3 is 1. The number of likely N-dealkylation sites (N-methyl/N-ethyl adjacent to an activating group) is 1. The number of hydrogen-bond donors (Lipinski definition) is 1. The summed E-state index contributed by atoms with van der Waals surface area (Å²) in [5.74, 6) is 0.498. The zero-order valence-corrected chi connectivity index (χ0v) is 15.5. The molecule has 5 nitrogen and oxygen atoms in total. The van der Waals surface area contributed by atoms with Crippen molar-refractivity contribution in [2.75, 3.05) is 46.9 Å². The maximum absolute atomic E-state index is 12.7. The molecule has 1 amide bonds. The molecule has 3 rings (SSSR count). The molecule has 0 radical (unpaired) electrons. The number of nitrogens with one attached hydrogen (secondary N) is 1. The molecule has 138 valence electrons. The Kier molecular flexibility index (Phi) is 6.26. The van der Waals surface area contributed by atoms with Crippen molar-refractivity contribution >= 4 is 5.91 Å². The van der Waals surface area contributed by atoms with Crippen LogP contribution in [-0.2, 0) is 0 Å². The molecule has 1 unspecified atom stereocenters. The number of para-hydroxylation sites is 1. The minimum absolute atomic E-state index is 0.0995. The van der Waals surface area contributed by atoms with Crippen molar-refractivity contribution in [1.29, 1.82) is 0 Å². The zero-order valence-electron chi connectivity index (χ0n) is 15.5. The molecule has 2 aromatic carbocycles. The molecular formula is C21H27N3O2. The van der Waals surface area contributed by atoms with E-state index in [1.54, 1.807) is 13.2 Å². The largest absolute Gasteiger partial charge is 0.496 e. The average Bonchev–Trinajstić information content (AvgIpc) is 2.70. The number of piperazine rings is 1. The van der Waals surface area contributed by atoms with Gasteiger partial charge in [0.05, 0.1) is 18.7 Å². The SMILES string of the molecule is COc1ccccc1C(=O)NCC(c1ccccc1)N1CCN(C)CC1. The van der Waals surface area contributed by atoms with Crippen LogP contribution in [0, 0.1) is 0 Å². The molecule has 0 bridgehead atoms. The smallest absolute Gasteiger partial charge is 0.255 e. The van der Waals surface area contributed by atoms with Crippen molar-refractivity contribution in [1.82, 2.24) is 15.1 Å². The fraction of sp³-hybridized carbons (Fsp3) is 0.381. The van der Waals surface area contributed by atoms with Gasteiger partial charge in [-0.3, -0.25) is 9.69 Å². The van der Waals surface area contributed by atoms with E-state index in [9.17, 15) is 4.79 Å². The molecule has 26 heavy (non-hydrogen) atoms. The van der Waals surface area contributed by atoms with E-state index >= 15 is 0 Å².